The maximum absolute atomic E-state index is 10.6. The topological polar surface area (TPSA) is 46.5 Å². The van der Waals surface area contributed by atoms with E-state index in [2.05, 4.69) is 22.4 Å². The van der Waals surface area contributed by atoms with Crippen LogP contribution in [0.1, 0.15) is 33.1 Å². The Morgan fingerprint density at radius 1 is 1.73 bits per heavy atom. The second kappa shape index (κ2) is 5.31. The predicted octanol–water partition coefficient (Wildman–Crippen LogP) is 3.08. The van der Waals surface area contributed by atoms with Crippen molar-refractivity contribution >= 4 is 21.8 Å². The molecule has 68 valence electrons. The molecule has 0 bridgehead atoms. The molecular weight excluding hydrogens is 231 g/mol. The molecule has 0 rings (SSSR count). The Balaban J connectivity index is 3.52. The van der Waals surface area contributed by atoms with E-state index in [9.17, 15) is 4.57 Å². The summed E-state index contributed by atoms with van der Waals surface area (Å²) in [5.74, 6) is 0. The summed E-state index contributed by atoms with van der Waals surface area (Å²) in [4.78, 5) is 8.74. The van der Waals surface area contributed by atoms with Gasteiger partial charge in [0.05, 0.1) is 6.10 Å². The summed E-state index contributed by atoms with van der Waals surface area (Å²) < 4.78 is 15.4. The molecule has 2 atom stereocenters. The van der Waals surface area contributed by atoms with Gasteiger partial charge in [-0.05, 0) is 13.3 Å². The lowest BCUT2D eigenvalue weighted by Gasteiger charge is -2.12. The van der Waals surface area contributed by atoms with Crippen molar-refractivity contribution in [2.45, 2.75) is 39.2 Å². The van der Waals surface area contributed by atoms with Crippen LogP contribution in [0.5, 0.6) is 0 Å². The summed E-state index contributed by atoms with van der Waals surface area (Å²) in [6.07, 6.45) is -0.674. The lowest BCUT2D eigenvalue weighted by atomic mass is 10.2. The van der Waals surface area contributed by atoms with E-state index in [1.165, 1.54) is 0 Å². The SMILES string of the molecule is CCCCC(C)OP(=O)(O)Br. The third kappa shape index (κ3) is 8.54. The van der Waals surface area contributed by atoms with Crippen LogP contribution in [-0.4, -0.2) is 11.0 Å². The number of halogens is 1. The van der Waals surface area contributed by atoms with Gasteiger partial charge in [-0.25, -0.2) is 4.57 Å². The van der Waals surface area contributed by atoms with Gasteiger partial charge in [-0.15, -0.1) is 0 Å². The Hall–Kier alpha value is 0.630. The highest BCUT2D eigenvalue weighted by molar-refractivity contribution is 9.39. The van der Waals surface area contributed by atoms with Crippen LogP contribution < -0.4 is 0 Å². The normalized spacial score (nSPS) is 19.3. The van der Waals surface area contributed by atoms with Gasteiger partial charge in [0, 0.05) is 15.5 Å². The second-order valence-electron chi connectivity index (χ2n) is 2.51. The fraction of sp³-hybridized carbons (Fsp3) is 1.00. The molecule has 0 aromatic heterocycles. The van der Waals surface area contributed by atoms with Gasteiger partial charge in [-0.3, -0.25) is 4.52 Å². The van der Waals surface area contributed by atoms with Crippen molar-refractivity contribution in [3.05, 3.63) is 0 Å². The maximum atomic E-state index is 10.6. The highest BCUT2D eigenvalue weighted by atomic mass is 79.9. The third-order valence-electron chi connectivity index (χ3n) is 1.27. The second-order valence-corrected chi connectivity index (χ2v) is 6.31. The molecule has 3 nitrogen and oxygen atoms in total. The van der Waals surface area contributed by atoms with E-state index in [4.69, 9.17) is 9.42 Å². The minimum atomic E-state index is -3.45. The number of hydrogen-bond acceptors (Lipinski definition) is 2. The Labute approximate surface area is 75.4 Å². The largest absolute Gasteiger partial charge is 0.393 e. The first-order valence-corrected chi connectivity index (χ1v) is 7.26. The zero-order valence-corrected chi connectivity index (χ0v) is 9.27. The van der Waals surface area contributed by atoms with Crippen LogP contribution in [0.15, 0.2) is 0 Å². The Bertz CT molecular complexity index is 145. The minimum Gasteiger partial charge on any atom is -0.316 e. The lowest BCUT2D eigenvalue weighted by molar-refractivity contribution is 0.190. The van der Waals surface area contributed by atoms with Gasteiger partial charge in [0.25, 0.3) is 0 Å². The van der Waals surface area contributed by atoms with Gasteiger partial charge in [0.2, 0.25) is 0 Å². The monoisotopic (exact) mass is 244 g/mol. The predicted molar refractivity (Wildman–Crippen MR) is 48.8 cm³/mol. The molecule has 0 spiro atoms. The van der Waals surface area contributed by atoms with Gasteiger partial charge in [-0.1, -0.05) is 19.8 Å². The molecule has 0 saturated heterocycles. The van der Waals surface area contributed by atoms with Crippen molar-refractivity contribution in [2.75, 3.05) is 0 Å². The highest BCUT2D eigenvalue weighted by Gasteiger charge is 2.17. The Kier molecular flexibility index (Phi) is 5.61. The van der Waals surface area contributed by atoms with Crippen molar-refractivity contribution in [3.8, 4) is 0 Å². The van der Waals surface area contributed by atoms with Crippen LogP contribution in [-0.2, 0) is 9.09 Å². The summed E-state index contributed by atoms with van der Waals surface area (Å²) in [7, 11) is 0. The van der Waals surface area contributed by atoms with Gasteiger partial charge in [-0.2, -0.15) is 0 Å². The van der Waals surface area contributed by atoms with Gasteiger partial charge in [0.1, 0.15) is 0 Å². The smallest absolute Gasteiger partial charge is 0.316 e. The lowest BCUT2D eigenvalue weighted by Crippen LogP contribution is -2.03. The van der Waals surface area contributed by atoms with Crippen LogP contribution in [0, 0.1) is 0 Å². The fourth-order valence-electron chi connectivity index (χ4n) is 0.766. The fourth-order valence-corrected chi connectivity index (χ4v) is 2.17. The first-order chi connectivity index (χ1) is 4.95. The first kappa shape index (κ1) is 11.6. The van der Waals surface area contributed by atoms with E-state index >= 15 is 0 Å². The Morgan fingerprint density at radius 2 is 2.27 bits per heavy atom. The molecule has 2 unspecified atom stereocenters. The first-order valence-electron chi connectivity index (χ1n) is 3.66. The molecule has 0 aliphatic carbocycles. The molecule has 0 fully saturated rings. The van der Waals surface area contributed by atoms with Gasteiger partial charge >= 0.3 is 6.30 Å². The molecule has 0 heterocycles. The van der Waals surface area contributed by atoms with Crippen LogP contribution in [0.25, 0.3) is 0 Å². The minimum absolute atomic E-state index is 0.148. The Morgan fingerprint density at radius 3 is 2.64 bits per heavy atom. The van der Waals surface area contributed by atoms with Crippen molar-refractivity contribution in [1.29, 1.82) is 0 Å². The number of hydrogen-bond donors (Lipinski definition) is 1. The molecule has 0 aromatic rings. The molecule has 0 aliphatic heterocycles. The molecule has 0 aromatic carbocycles. The molecule has 1 N–H and O–H groups in total. The van der Waals surface area contributed by atoms with E-state index in [-0.39, 0.29) is 6.10 Å². The summed E-state index contributed by atoms with van der Waals surface area (Å²) >= 11 is 2.56. The number of unbranched alkanes of at least 4 members (excludes halogenated alkanes) is 1. The summed E-state index contributed by atoms with van der Waals surface area (Å²) in [6.45, 7) is 3.86. The van der Waals surface area contributed by atoms with Gasteiger partial charge < -0.3 is 4.89 Å². The number of rotatable bonds is 5. The molecular formula is C6H14BrO3P. The van der Waals surface area contributed by atoms with Crippen molar-refractivity contribution in [2.24, 2.45) is 0 Å². The summed E-state index contributed by atoms with van der Waals surface area (Å²) in [6, 6.07) is 0. The van der Waals surface area contributed by atoms with Crippen LogP contribution in [0.4, 0.5) is 0 Å². The summed E-state index contributed by atoms with van der Waals surface area (Å²) in [5.41, 5.74) is 0. The maximum Gasteiger partial charge on any atom is 0.393 e. The van der Waals surface area contributed by atoms with Gasteiger partial charge in [0.15, 0.2) is 0 Å². The van der Waals surface area contributed by atoms with Crippen LogP contribution >= 0.6 is 21.8 Å². The zero-order chi connectivity index (χ0) is 8.91. The van der Waals surface area contributed by atoms with E-state index < -0.39 is 6.30 Å². The molecule has 0 saturated carbocycles. The van der Waals surface area contributed by atoms with Crippen LogP contribution in [0.2, 0.25) is 0 Å². The average molecular weight is 245 g/mol. The highest BCUT2D eigenvalue weighted by Crippen LogP contribution is 2.51. The average Bonchev–Trinajstić information content (AvgIpc) is 1.79. The van der Waals surface area contributed by atoms with E-state index in [0.717, 1.165) is 19.3 Å². The molecule has 11 heavy (non-hydrogen) atoms. The molecule has 0 radical (unpaired) electrons. The quantitative estimate of drug-likeness (QED) is 0.757. The van der Waals surface area contributed by atoms with Crippen LogP contribution in [0.3, 0.4) is 0 Å². The standard InChI is InChI=1S/C6H14BrO3P/c1-3-4-5-6(2)10-11(7,8)9/h6H,3-5H2,1-2H3,(H,8,9). The van der Waals surface area contributed by atoms with Crippen molar-refractivity contribution in [3.63, 3.8) is 0 Å². The summed E-state index contributed by atoms with van der Waals surface area (Å²) in [5, 5.41) is 0. The van der Waals surface area contributed by atoms with Crippen molar-refractivity contribution in [1.82, 2.24) is 0 Å². The molecule has 0 aliphatic rings. The van der Waals surface area contributed by atoms with E-state index in [0.29, 0.717) is 0 Å². The molecule has 5 heteroatoms. The van der Waals surface area contributed by atoms with E-state index in [1.54, 1.807) is 6.92 Å². The van der Waals surface area contributed by atoms with E-state index in [1.807, 2.05) is 0 Å². The van der Waals surface area contributed by atoms with Crippen molar-refractivity contribution < 1.29 is 14.0 Å². The zero-order valence-electron chi connectivity index (χ0n) is 6.79. The molecule has 0 amide bonds. The third-order valence-corrected chi connectivity index (χ3v) is 2.40.